The van der Waals surface area contributed by atoms with Crippen LogP contribution in [0.4, 0.5) is 5.95 Å². The highest BCUT2D eigenvalue weighted by molar-refractivity contribution is 6.03. The maximum atomic E-state index is 12.4. The molecule has 4 heterocycles. The summed E-state index contributed by atoms with van der Waals surface area (Å²) in [4.78, 5) is 23.8. The number of anilines is 1. The van der Waals surface area contributed by atoms with Gasteiger partial charge in [-0.3, -0.25) is 15.1 Å². The van der Waals surface area contributed by atoms with Crippen molar-refractivity contribution < 1.29 is 4.79 Å². The molecule has 0 aliphatic rings. The van der Waals surface area contributed by atoms with Gasteiger partial charge in [-0.25, -0.2) is 9.67 Å². The minimum atomic E-state index is -0.342. The lowest BCUT2D eigenvalue weighted by molar-refractivity contribution is 0.102. The Balaban J connectivity index is 1.49. The van der Waals surface area contributed by atoms with Gasteiger partial charge in [0.05, 0.1) is 11.3 Å². The second kappa shape index (κ2) is 6.79. The molecule has 4 aromatic heterocycles. The molecule has 0 radical (unpaired) electrons. The van der Waals surface area contributed by atoms with Crippen molar-refractivity contribution in [1.82, 2.24) is 34.9 Å². The van der Waals surface area contributed by atoms with Crippen molar-refractivity contribution in [3.05, 3.63) is 65.7 Å². The number of nitrogens with zero attached hydrogens (tertiary/aromatic N) is 6. The van der Waals surface area contributed by atoms with Crippen LogP contribution in [0.5, 0.6) is 0 Å². The number of hydrogen-bond donors (Lipinski definition) is 2. The van der Waals surface area contributed by atoms with Crippen LogP contribution in [0, 0.1) is 13.8 Å². The second-order valence-corrected chi connectivity index (χ2v) is 5.94. The van der Waals surface area contributed by atoms with Crippen LogP contribution in [-0.4, -0.2) is 40.8 Å². The highest BCUT2D eigenvalue weighted by Gasteiger charge is 2.12. The van der Waals surface area contributed by atoms with Crippen molar-refractivity contribution in [3.8, 4) is 17.3 Å². The van der Waals surface area contributed by atoms with Crippen LogP contribution in [0.15, 0.2) is 48.8 Å². The lowest BCUT2D eigenvalue weighted by atomic mass is 10.2. The third-order valence-electron chi connectivity index (χ3n) is 3.86. The monoisotopic (exact) mass is 360 g/mol. The Kier molecular flexibility index (Phi) is 4.17. The van der Waals surface area contributed by atoms with Crippen molar-refractivity contribution in [2.75, 3.05) is 5.32 Å². The third-order valence-corrected chi connectivity index (χ3v) is 3.86. The van der Waals surface area contributed by atoms with Crippen molar-refractivity contribution >= 4 is 11.9 Å². The average Bonchev–Trinajstić information content (AvgIpc) is 3.28. The molecule has 0 aliphatic carbocycles. The first kappa shape index (κ1) is 16.6. The van der Waals surface area contributed by atoms with Crippen molar-refractivity contribution in [2.24, 2.45) is 0 Å². The van der Waals surface area contributed by atoms with Crippen molar-refractivity contribution in [1.29, 1.82) is 0 Å². The molecule has 0 aromatic carbocycles. The summed E-state index contributed by atoms with van der Waals surface area (Å²) < 4.78 is 1.73. The smallest absolute Gasteiger partial charge is 0.259 e. The molecule has 2 N–H and O–H groups in total. The molecule has 1 amide bonds. The highest BCUT2D eigenvalue weighted by Crippen LogP contribution is 2.14. The summed E-state index contributed by atoms with van der Waals surface area (Å²) in [6, 6.07) is 10.8. The molecule has 9 heteroatoms. The molecule has 0 unspecified atom stereocenters. The molecule has 4 aromatic rings. The molecule has 0 aliphatic heterocycles. The minimum absolute atomic E-state index is 0.239. The lowest BCUT2D eigenvalue weighted by Crippen LogP contribution is -2.14. The maximum Gasteiger partial charge on any atom is 0.259 e. The van der Waals surface area contributed by atoms with E-state index in [4.69, 9.17) is 0 Å². The topological polar surface area (TPSA) is 114 Å². The van der Waals surface area contributed by atoms with Crippen LogP contribution in [0.3, 0.4) is 0 Å². The number of carbonyl (C=O) groups is 1. The summed E-state index contributed by atoms with van der Waals surface area (Å²) in [6.45, 7) is 3.87. The number of H-pyrrole nitrogens is 1. The Morgan fingerprint density at radius 2 is 2.00 bits per heavy atom. The standard InChI is InChI=1S/C18H16N8O/c1-11-9-12(2)26(25-11)15-7-6-13(10-20-15)17(27)22-18-21-16(23-24-18)14-5-3-4-8-19-14/h3-10H,1-2H3,(H2,21,22,23,24,27). The molecular weight excluding hydrogens is 344 g/mol. The van der Waals surface area contributed by atoms with E-state index in [0.29, 0.717) is 22.9 Å². The van der Waals surface area contributed by atoms with Crippen LogP contribution in [0.2, 0.25) is 0 Å². The van der Waals surface area contributed by atoms with Gasteiger partial charge < -0.3 is 4.98 Å². The number of rotatable bonds is 4. The number of carbonyl (C=O) groups excluding carboxylic acids is 1. The fourth-order valence-corrected chi connectivity index (χ4v) is 2.62. The van der Waals surface area contributed by atoms with Crippen LogP contribution >= 0.6 is 0 Å². The van der Waals surface area contributed by atoms with Gasteiger partial charge in [-0.2, -0.15) is 5.10 Å². The van der Waals surface area contributed by atoms with Crippen LogP contribution in [0.25, 0.3) is 17.3 Å². The van der Waals surface area contributed by atoms with Gasteiger partial charge >= 0.3 is 0 Å². The second-order valence-electron chi connectivity index (χ2n) is 5.94. The van der Waals surface area contributed by atoms with Gasteiger partial charge in [0.2, 0.25) is 5.95 Å². The van der Waals surface area contributed by atoms with Gasteiger partial charge in [0, 0.05) is 18.1 Å². The Hall–Kier alpha value is -3.88. The van der Waals surface area contributed by atoms with E-state index >= 15 is 0 Å². The SMILES string of the molecule is Cc1cc(C)n(-c2ccc(C(=O)Nc3nnc(-c4ccccn4)[nH]3)cn2)n1. The summed E-state index contributed by atoms with van der Waals surface area (Å²) in [6.07, 6.45) is 3.16. The number of aromatic nitrogens is 7. The van der Waals surface area contributed by atoms with E-state index in [1.807, 2.05) is 32.0 Å². The maximum absolute atomic E-state index is 12.4. The molecular formula is C18H16N8O. The average molecular weight is 360 g/mol. The summed E-state index contributed by atoms with van der Waals surface area (Å²) in [5.41, 5.74) is 2.92. The molecule has 9 nitrogen and oxygen atoms in total. The van der Waals surface area contributed by atoms with Gasteiger partial charge in [0.1, 0.15) is 5.69 Å². The van der Waals surface area contributed by atoms with Gasteiger partial charge in [0.15, 0.2) is 11.6 Å². The van der Waals surface area contributed by atoms with Gasteiger partial charge in [-0.15, -0.1) is 10.2 Å². The normalized spacial score (nSPS) is 10.7. The van der Waals surface area contributed by atoms with Crippen LogP contribution < -0.4 is 5.32 Å². The fraction of sp³-hybridized carbons (Fsp3) is 0.111. The predicted octanol–water partition coefficient (Wildman–Crippen LogP) is 2.32. The Morgan fingerprint density at radius 1 is 1.11 bits per heavy atom. The lowest BCUT2D eigenvalue weighted by Gasteiger charge is -2.05. The minimum Gasteiger partial charge on any atom is -0.306 e. The Labute approximate surface area is 154 Å². The number of aromatic amines is 1. The van der Waals surface area contributed by atoms with E-state index in [-0.39, 0.29) is 11.9 Å². The molecule has 0 saturated carbocycles. The summed E-state index contributed by atoms with van der Waals surface area (Å²) in [7, 11) is 0. The van der Waals surface area contributed by atoms with E-state index in [0.717, 1.165) is 11.4 Å². The van der Waals surface area contributed by atoms with Crippen LogP contribution in [-0.2, 0) is 0 Å². The zero-order valence-electron chi connectivity index (χ0n) is 14.7. The molecule has 0 saturated heterocycles. The number of hydrogen-bond acceptors (Lipinski definition) is 6. The molecule has 4 rings (SSSR count). The highest BCUT2D eigenvalue weighted by atomic mass is 16.1. The molecule has 27 heavy (non-hydrogen) atoms. The van der Waals surface area contributed by atoms with Crippen LogP contribution in [0.1, 0.15) is 21.7 Å². The van der Waals surface area contributed by atoms with E-state index in [1.54, 1.807) is 29.1 Å². The quantitative estimate of drug-likeness (QED) is 0.577. The zero-order valence-corrected chi connectivity index (χ0v) is 14.7. The van der Waals surface area contributed by atoms with Crippen molar-refractivity contribution in [3.63, 3.8) is 0 Å². The summed E-state index contributed by atoms with van der Waals surface area (Å²) in [5.74, 6) is 1.02. The summed E-state index contributed by atoms with van der Waals surface area (Å²) >= 11 is 0. The zero-order chi connectivity index (χ0) is 18.8. The van der Waals surface area contributed by atoms with E-state index in [1.165, 1.54) is 6.20 Å². The number of nitrogens with one attached hydrogen (secondary N) is 2. The Morgan fingerprint density at radius 3 is 2.67 bits per heavy atom. The summed E-state index contributed by atoms with van der Waals surface area (Å²) in [5, 5.41) is 15.0. The van der Waals surface area contributed by atoms with E-state index in [9.17, 15) is 4.79 Å². The third kappa shape index (κ3) is 3.43. The number of aryl methyl sites for hydroxylation is 2. The predicted molar refractivity (Wildman–Crippen MR) is 98.4 cm³/mol. The molecule has 0 bridgehead atoms. The largest absolute Gasteiger partial charge is 0.306 e. The Bertz CT molecular complexity index is 1080. The first-order valence-electron chi connectivity index (χ1n) is 8.25. The number of pyridine rings is 2. The van der Waals surface area contributed by atoms with Gasteiger partial charge in [-0.1, -0.05) is 6.07 Å². The fourth-order valence-electron chi connectivity index (χ4n) is 2.62. The molecule has 134 valence electrons. The van der Waals surface area contributed by atoms with Gasteiger partial charge in [-0.05, 0) is 44.2 Å². The first-order chi connectivity index (χ1) is 13.1. The molecule has 0 spiro atoms. The van der Waals surface area contributed by atoms with E-state index < -0.39 is 0 Å². The van der Waals surface area contributed by atoms with E-state index in [2.05, 4.69) is 35.6 Å². The van der Waals surface area contributed by atoms with Crippen molar-refractivity contribution in [2.45, 2.75) is 13.8 Å². The molecule has 0 atom stereocenters. The van der Waals surface area contributed by atoms with Gasteiger partial charge in [0.25, 0.3) is 5.91 Å². The molecule has 0 fully saturated rings. The number of amides is 1. The first-order valence-corrected chi connectivity index (χ1v) is 8.25.